The molecule has 1 amide bonds. The number of pyridine rings is 1. The van der Waals surface area contributed by atoms with Gasteiger partial charge in [0.2, 0.25) is 4.80 Å². The largest absolute Gasteiger partial charge is 0.279 e. The van der Waals surface area contributed by atoms with Gasteiger partial charge in [-0.15, -0.1) is 0 Å². The van der Waals surface area contributed by atoms with Crippen LogP contribution in [-0.2, 0) is 0 Å². The van der Waals surface area contributed by atoms with E-state index in [0.29, 0.717) is 10.4 Å². The number of hydrogen-bond donors (Lipinski definition) is 0. The molecule has 0 atom stereocenters. The number of benzene rings is 1. The first-order valence-electron chi connectivity index (χ1n) is 6.24. The molecule has 0 radical (unpaired) electrons. The molecule has 0 unspecified atom stereocenters. The molecular weight excluding hydrogens is 270 g/mol. The van der Waals surface area contributed by atoms with Crippen LogP contribution in [0.5, 0.6) is 0 Å². The van der Waals surface area contributed by atoms with E-state index in [0.717, 1.165) is 16.8 Å². The smallest absolute Gasteiger partial charge is 0.267 e. The predicted octanol–water partition coefficient (Wildman–Crippen LogP) is 2.75. The Morgan fingerprint density at radius 3 is 2.85 bits per heavy atom. The molecule has 2 aromatic heterocycles. The van der Waals surface area contributed by atoms with E-state index in [1.165, 1.54) is 11.5 Å². The normalized spacial score (nSPS) is 12.0. The molecular formula is C15H13N3OS. The first-order chi connectivity index (χ1) is 9.63. The Labute approximate surface area is 120 Å². The first-order valence-corrected chi connectivity index (χ1v) is 7.02. The molecule has 0 aliphatic heterocycles. The summed E-state index contributed by atoms with van der Waals surface area (Å²) in [5.41, 5.74) is 3.54. The first kappa shape index (κ1) is 12.7. The fourth-order valence-corrected chi connectivity index (χ4v) is 2.80. The van der Waals surface area contributed by atoms with Crippen molar-refractivity contribution < 1.29 is 4.79 Å². The minimum atomic E-state index is -0.258. The Kier molecular flexibility index (Phi) is 3.20. The summed E-state index contributed by atoms with van der Waals surface area (Å²) in [6.45, 7) is 3.94. The Balaban J connectivity index is 2.06. The molecule has 0 fully saturated rings. The SMILES string of the molecule is Cc1cccc(C(=O)N=c2nc3c(C)cccn3s2)c1. The summed E-state index contributed by atoms with van der Waals surface area (Å²) in [6, 6.07) is 11.3. The van der Waals surface area contributed by atoms with Crippen molar-refractivity contribution in [1.29, 1.82) is 0 Å². The third-order valence-corrected chi connectivity index (χ3v) is 3.81. The van der Waals surface area contributed by atoms with Gasteiger partial charge in [0.25, 0.3) is 5.91 Å². The van der Waals surface area contributed by atoms with E-state index in [2.05, 4.69) is 9.98 Å². The lowest BCUT2D eigenvalue weighted by molar-refractivity contribution is 0.0998. The molecule has 2 heterocycles. The molecule has 0 aliphatic rings. The molecule has 20 heavy (non-hydrogen) atoms. The molecule has 5 heteroatoms. The zero-order chi connectivity index (χ0) is 14.1. The quantitative estimate of drug-likeness (QED) is 0.689. The molecule has 3 aromatic rings. The molecule has 3 rings (SSSR count). The number of hydrogen-bond acceptors (Lipinski definition) is 3. The zero-order valence-electron chi connectivity index (χ0n) is 11.2. The minimum absolute atomic E-state index is 0.258. The van der Waals surface area contributed by atoms with Crippen molar-refractivity contribution in [3.63, 3.8) is 0 Å². The van der Waals surface area contributed by atoms with Gasteiger partial charge in [0.05, 0.1) is 0 Å². The van der Waals surface area contributed by atoms with Crippen LogP contribution in [0.15, 0.2) is 47.6 Å². The van der Waals surface area contributed by atoms with Crippen LogP contribution >= 0.6 is 11.5 Å². The van der Waals surface area contributed by atoms with Gasteiger partial charge >= 0.3 is 0 Å². The third kappa shape index (κ3) is 2.40. The Bertz CT molecular complexity index is 861. The highest BCUT2D eigenvalue weighted by Crippen LogP contribution is 2.08. The Morgan fingerprint density at radius 2 is 2.10 bits per heavy atom. The second-order valence-electron chi connectivity index (χ2n) is 4.61. The molecule has 0 saturated carbocycles. The molecule has 0 bridgehead atoms. The summed E-state index contributed by atoms with van der Waals surface area (Å²) in [4.78, 5) is 21.1. The molecule has 0 saturated heterocycles. The lowest BCUT2D eigenvalue weighted by atomic mass is 10.1. The summed E-state index contributed by atoms with van der Waals surface area (Å²) >= 11 is 1.36. The maximum Gasteiger partial charge on any atom is 0.279 e. The van der Waals surface area contributed by atoms with Crippen molar-refractivity contribution in [2.45, 2.75) is 13.8 Å². The van der Waals surface area contributed by atoms with Gasteiger partial charge in [-0.2, -0.15) is 9.98 Å². The summed E-state index contributed by atoms with van der Waals surface area (Å²) in [7, 11) is 0. The number of carbonyl (C=O) groups is 1. The van der Waals surface area contributed by atoms with Crippen molar-refractivity contribution in [1.82, 2.24) is 8.77 Å². The highest BCUT2D eigenvalue weighted by Gasteiger charge is 2.06. The topological polar surface area (TPSA) is 46.7 Å². The molecule has 0 spiro atoms. The van der Waals surface area contributed by atoms with Crippen molar-refractivity contribution in [2.75, 3.05) is 0 Å². The van der Waals surface area contributed by atoms with Gasteiger partial charge in [0.1, 0.15) is 0 Å². The summed E-state index contributed by atoms with van der Waals surface area (Å²) in [6.07, 6.45) is 1.91. The number of nitrogens with zero attached hydrogens (tertiary/aromatic N) is 3. The van der Waals surface area contributed by atoms with Gasteiger partial charge in [-0.1, -0.05) is 23.8 Å². The van der Waals surface area contributed by atoms with Gasteiger partial charge in [-0.25, -0.2) is 0 Å². The van der Waals surface area contributed by atoms with E-state index in [1.54, 1.807) is 6.07 Å². The number of rotatable bonds is 1. The number of aryl methyl sites for hydroxylation is 2. The molecule has 1 aromatic carbocycles. The van der Waals surface area contributed by atoms with E-state index in [1.807, 2.05) is 54.2 Å². The monoisotopic (exact) mass is 283 g/mol. The van der Waals surface area contributed by atoms with E-state index in [-0.39, 0.29) is 5.91 Å². The lowest BCUT2D eigenvalue weighted by Gasteiger charge is -1.95. The van der Waals surface area contributed by atoms with Crippen LogP contribution in [0.1, 0.15) is 21.5 Å². The maximum atomic E-state index is 12.1. The average molecular weight is 283 g/mol. The molecule has 100 valence electrons. The standard InChI is InChI=1S/C15H13N3OS/c1-10-5-3-7-12(9-10)14(19)17-15-16-13-11(2)6-4-8-18(13)20-15/h3-9H,1-2H3. The van der Waals surface area contributed by atoms with Crippen LogP contribution in [0.4, 0.5) is 0 Å². The number of carbonyl (C=O) groups excluding carboxylic acids is 1. The van der Waals surface area contributed by atoms with Gasteiger partial charge in [0.15, 0.2) is 5.65 Å². The number of amides is 1. The second kappa shape index (κ2) is 5.02. The Morgan fingerprint density at radius 1 is 1.25 bits per heavy atom. The second-order valence-corrected chi connectivity index (χ2v) is 5.55. The molecule has 0 aliphatic carbocycles. The highest BCUT2D eigenvalue weighted by molar-refractivity contribution is 7.03. The van der Waals surface area contributed by atoms with Crippen LogP contribution in [0.25, 0.3) is 5.65 Å². The highest BCUT2D eigenvalue weighted by atomic mass is 32.1. The summed E-state index contributed by atoms with van der Waals surface area (Å²) in [5.74, 6) is -0.258. The fraction of sp³-hybridized carbons (Fsp3) is 0.133. The van der Waals surface area contributed by atoms with Crippen LogP contribution in [-0.4, -0.2) is 14.7 Å². The minimum Gasteiger partial charge on any atom is -0.267 e. The predicted molar refractivity (Wildman–Crippen MR) is 78.9 cm³/mol. The van der Waals surface area contributed by atoms with Crippen LogP contribution in [0.2, 0.25) is 0 Å². The van der Waals surface area contributed by atoms with Crippen LogP contribution < -0.4 is 4.80 Å². The van der Waals surface area contributed by atoms with Gasteiger partial charge < -0.3 is 0 Å². The van der Waals surface area contributed by atoms with Gasteiger partial charge in [0, 0.05) is 11.8 Å². The summed E-state index contributed by atoms with van der Waals surface area (Å²) < 4.78 is 1.91. The summed E-state index contributed by atoms with van der Waals surface area (Å²) in [5, 5.41) is 0. The zero-order valence-corrected chi connectivity index (χ0v) is 12.0. The lowest BCUT2D eigenvalue weighted by Crippen LogP contribution is -2.05. The van der Waals surface area contributed by atoms with Crippen molar-refractivity contribution in [3.05, 3.63) is 64.1 Å². The Hall–Kier alpha value is -2.27. The van der Waals surface area contributed by atoms with E-state index < -0.39 is 0 Å². The van der Waals surface area contributed by atoms with Crippen molar-refractivity contribution in [2.24, 2.45) is 4.99 Å². The third-order valence-electron chi connectivity index (χ3n) is 2.97. The van der Waals surface area contributed by atoms with Gasteiger partial charge in [-0.05, 0) is 49.1 Å². The van der Waals surface area contributed by atoms with Crippen LogP contribution in [0.3, 0.4) is 0 Å². The average Bonchev–Trinajstić information content (AvgIpc) is 2.83. The van der Waals surface area contributed by atoms with Gasteiger partial charge in [-0.3, -0.25) is 8.58 Å². The number of aromatic nitrogens is 2. The van der Waals surface area contributed by atoms with Crippen molar-refractivity contribution >= 4 is 23.1 Å². The number of fused-ring (bicyclic) bond motifs is 1. The van der Waals surface area contributed by atoms with E-state index in [4.69, 9.17) is 0 Å². The maximum absolute atomic E-state index is 12.1. The molecule has 0 N–H and O–H groups in total. The van der Waals surface area contributed by atoms with E-state index >= 15 is 0 Å². The van der Waals surface area contributed by atoms with Crippen LogP contribution in [0, 0.1) is 13.8 Å². The van der Waals surface area contributed by atoms with E-state index in [9.17, 15) is 4.79 Å². The van der Waals surface area contributed by atoms with Crippen molar-refractivity contribution in [3.8, 4) is 0 Å². The molecule has 4 nitrogen and oxygen atoms in total. The fourth-order valence-electron chi connectivity index (χ4n) is 1.97.